The van der Waals surface area contributed by atoms with Crippen LogP contribution in [0.5, 0.6) is 5.88 Å². The zero-order valence-corrected chi connectivity index (χ0v) is 11.9. The molecule has 2 rings (SSSR count). The van der Waals surface area contributed by atoms with Crippen molar-refractivity contribution in [3.63, 3.8) is 0 Å². The maximum Gasteiger partial charge on any atom is 0.239 e. The number of hydrogen-bond donors (Lipinski definition) is 2. The maximum atomic E-state index is 9.14. The van der Waals surface area contributed by atoms with Crippen LogP contribution in [0.2, 0.25) is 0 Å². The number of hydrogen-bond acceptors (Lipinski definition) is 6. The molecule has 112 valence electrons. The van der Waals surface area contributed by atoms with Crippen molar-refractivity contribution >= 4 is 11.5 Å². The summed E-state index contributed by atoms with van der Waals surface area (Å²) >= 11 is 0. The summed E-state index contributed by atoms with van der Waals surface area (Å²) in [6.45, 7) is 2.48. The molecule has 3 N–H and O–H groups in total. The largest absolute Gasteiger partial charge is 0.476 e. The van der Waals surface area contributed by atoms with E-state index in [4.69, 9.17) is 20.3 Å². The van der Waals surface area contributed by atoms with Crippen LogP contribution in [0.1, 0.15) is 12.8 Å². The van der Waals surface area contributed by atoms with Gasteiger partial charge in [0.25, 0.3) is 0 Å². The fourth-order valence-corrected chi connectivity index (χ4v) is 1.88. The summed E-state index contributed by atoms with van der Waals surface area (Å²) in [5.41, 5.74) is 6.44. The van der Waals surface area contributed by atoms with Crippen molar-refractivity contribution in [3.05, 3.63) is 12.1 Å². The number of aliphatic hydroxyl groups is 1. The lowest BCUT2D eigenvalue weighted by molar-refractivity contribution is 0.202. The molecule has 0 atom stereocenters. The van der Waals surface area contributed by atoms with Crippen LogP contribution >= 0.6 is 0 Å². The first-order valence-corrected chi connectivity index (χ1v) is 6.98. The predicted octanol–water partition coefficient (Wildman–Crippen LogP) is 0.898. The number of methoxy groups -OCH3 is 1. The van der Waals surface area contributed by atoms with Crippen molar-refractivity contribution in [2.75, 3.05) is 50.7 Å². The lowest BCUT2D eigenvalue weighted by atomic mass is 10.3. The summed E-state index contributed by atoms with van der Waals surface area (Å²) in [7, 11) is 1.65. The van der Waals surface area contributed by atoms with Crippen LogP contribution in [0.15, 0.2) is 12.1 Å². The van der Waals surface area contributed by atoms with Crippen molar-refractivity contribution in [2.45, 2.75) is 12.8 Å². The van der Waals surface area contributed by atoms with Crippen molar-refractivity contribution < 1.29 is 14.6 Å². The number of nitrogens with two attached hydrogens (primary N) is 1. The Kier molecular flexibility index (Phi) is 5.43. The highest BCUT2D eigenvalue weighted by atomic mass is 16.5. The van der Waals surface area contributed by atoms with Gasteiger partial charge < -0.3 is 25.2 Å². The van der Waals surface area contributed by atoms with Gasteiger partial charge in [-0.1, -0.05) is 0 Å². The molecule has 1 saturated carbocycles. The zero-order valence-electron chi connectivity index (χ0n) is 11.9. The average molecular weight is 281 g/mol. The average Bonchev–Trinajstić information content (AvgIpc) is 3.27. The van der Waals surface area contributed by atoms with Gasteiger partial charge in [0.2, 0.25) is 5.88 Å². The van der Waals surface area contributed by atoms with Gasteiger partial charge in [-0.15, -0.1) is 0 Å². The third kappa shape index (κ3) is 4.25. The molecule has 20 heavy (non-hydrogen) atoms. The molecule has 0 aliphatic heterocycles. The second kappa shape index (κ2) is 7.31. The Labute approximate surface area is 119 Å². The summed E-state index contributed by atoms with van der Waals surface area (Å²) < 4.78 is 10.8. The summed E-state index contributed by atoms with van der Waals surface area (Å²) in [5, 5.41) is 9.14. The van der Waals surface area contributed by atoms with Gasteiger partial charge in [0.1, 0.15) is 5.82 Å². The van der Waals surface area contributed by atoms with Gasteiger partial charge in [-0.25, -0.2) is 0 Å². The SMILES string of the molecule is COCCN(CCO)c1ccc(N)c(OCC2CC2)n1. The molecule has 1 aromatic heterocycles. The number of aromatic nitrogens is 1. The molecule has 0 saturated heterocycles. The highest BCUT2D eigenvalue weighted by molar-refractivity contribution is 5.54. The Bertz CT molecular complexity index is 424. The van der Waals surface area contributed by atoms with Gasteiger partial charge in [0.15, 0.2) is 0 Å². The van der Waals surface area contributed by atoms with E-state index in [0.29, 0.717) is 43.8 Å². The van der Waals surface area contributed by atoms with Crippen LogP contribution in [0.25, 0.3) is 0 Å². The number of aliphatic hydroxyl groups excluding tert-OH is 1. The van der Waals surface area contributed by atoms with E-state index in [2.05, 4.69) is 4.98 Å². The minimum Gasteiger partial charge on any atom is -0.476 e. The Morgan fingerprint density at radius 1 is 1.40 bits per heavy atom. The minimum atomic E-state index is 0.0635. The normalized spacial score (nSPS) is 14.3. The molecule has 0 bridgehead atoms. The van der Waals surface area contributed by atoms with Gasteiger partial charge in [0.05, 0.1) is 25.5 Å². The molecule has 0 amide bonds. The van der Waals surface area contributed by atoms with Gasteiger partial charge in [-0.05, 0) is 30.9 Å². The van der Waals surface area contributed by atoms with E-state index in [1.807, 2.05) is 11.0 Å². The first-order valence-electron chi connectivity index (χ1n) is 6.98. The topological polar surface area (TPSA) is 80.8 Å². The highest BCUT2D eigenvalue weighted by Gasteiger charge is 2.22. The van der Waals surface area contributed by atoms with E-state index in [1.165, 1.54) is 12.8 Å². The second-order valence-electron chi connectivity index (χ2n) is 5.02. The Balaban J connectivity index is 2.05. The number of nitrogen functional groups attached to an aromatic ring is 1. The van der Waals surface area contributed by atoms with Gasteiger partial charge in [-0.3, -0.25) is 0 Å². The third-order valence-electron chi connectivity index (χ3n) is 3.29. The van der Waals surface area contributed by atoms with Crippen molar-refractivity contribution in [1.29, 1.82) is 0 Å². The third-order valence-corrected chi connectivity index (χ3v) is 3.29. The summed E-state index contributed by atoms with van der Waals surface area (Å²) in [5.74, 6) is 1.88. The van der Waals surface area contributed by atoms with E-state index in [-0.39, 0.29) is 6.61 Å². The Morgan fingerprint density at radius 2 is 2.20 bits per heavy atom. The van der Waals surface area contributed by atoms with E-state index >= 15 is 0 Å². The number of nitrogens with zero attached hydrogens (tertiary/aromatic N) is 2. The van der Waals surface area contributed by atoms with Crippen LogP contribution in [0.4, 0.5) is 11.5 Å². The standard InChI is InChI=1S/C14H23N3O3/c1-19-9-7-17(6-8-18)13-5-4-12(15)14(16-13)20-10-11-2-3-11/h4-5,11,18H,2-3,6-10,15H2,1H3. The second-order valence-corrected chi connectivity index (χ2v) is 5.02. The molecule has 1 fully saturated rings. The molecular weight excluding hydrogens is 258 g/mol. The quantitative estimate of drug-likeness (QED) is 0.700. The molecular formula is C14H23N3O3. The highest BCUT2D eigenvalue weighted by Crippen LogP contribution is 2.31. The number of pyridine rings is 1. The molecule has 0 aromatic carbocycles. The van der Waals surface area contributed by atoms with Crippen molar-refractivity contribution in [1.82, 2.24) is 4.98 Å². The molecule has 0 spiro atoms. The number of anilines is 2. The van der Waals surface area contributed by atoms with Crippen LogP contribution in [0.3, 0.4) is 0 Å². The zero-order chi connectivity index (χ0) is 14.4. The monoisotopic (exact) mass is 281 g/mol. The summed E-state index contributed by atoms with van der Waals surface area (Å²) in [6, 6.07) is 3.63. The van der Waals surface area contributed by atoms with E-state index in [9.17, 15) is 0 Å². The molecule has 1 aromatic rings. The smallest absolute Gasteiger partial charge is 0.239 e. The number of ether oxygens (including phenoxy) is 2. The van der Waals surface area contributed by atoms with Crippen molar-refractivity contribution in [3.8, 4) is 5.88 Å². The molecule has 0 radical (unpaired) electrons. The van der Waals surface area contributed by atoms with Crippen LogP contribution in [0, 0.1) is 5.92 Å². The maximum absolute atomic E-state index is 9.14. The molecule has 0 unspecified atom stereocenters. The summed E-state index contributed by atoms with van der Waals surface area (Å²) in [6.07, 6.45) is 2.45. The first kappa shape index (κ1) is 14.9. The first-order chi connectivity index (χ1) is 9.74. The van der Waals surface area contributed by atoms with Gasteiger partial charge in [0, 0.05) is 20.2 Å². The fourth-order valence-electron chi connectivity index (χ4n) is 1.88. The minimum absolute atomic E-state index is 0.0635. The van der Waals surface area contributed by atoms with Crippen LogP contribution in [-0.4, -0.2) is 50.1 Å². The van der Waals surface area contributed by atoms with Crippen LogP contribution in [-0.2, 0) is 4.74 Å². The molecule has 1 aliphatic rings. The Morgan fingerprint density at radius 3 is 2.85 bits per heavy atom. The van der Waals surface area contributed by atoms with E-state index in [0.717, 1.165) is 5.82 Å². The molecule has 1 heterocycles. The molecule has 6 nitrogen and oxygen atoms in total. The molecule has 6 heteroatoms. The number of rotatable bonds is 9. The van der Waals surface area contributed by atoms with Gasteiger partial charge >= 0.3 is 0 Å². The fraction of sp³-hybridized carbons (Fsp3) is 0.643. The van der Waals surface area contributed by atoms with E-state index in [1.54, 1.807) is 13.2 Å². The van der Waals surface area contributed by atoms with Crippen LogP contribution < -0.4 is 15.4 Å². The lowest BCUT2D eigenvalue weighted by Crippen LogP contribution is -2.31. The van der Waals surface area contributed by atoms with E-state index < -0.39 is 0 Å². The molecule has 1 aliphatic carbocycles. The van der Waals surface area contributed by atoms with Gasteiger partial charge in [-0.2, -0.15) is 4.98 Å². The summed E-state index contributed by atoms with van der Waals surface area (Å²) in [4.78, 5) is 6.41. The Hall–Kier alpha value is -1.53. The predicted molar refractivity (Wildman–Crippen MR) is 78.0 cm³/mol. The lowest BCUT2D eigenvalue weighted by Gasteiger charge is -2.23. The van der Waals surface area contributed by atoms with Crippen molar-refractivity contribution in [2.24, 2.45) is 5.92 Å².